The standard InChI is InChI=1S/C43H55N2O9/c1-25-22-26(2)43-31(14-15-33-35(43)36(46)27(3)38(39(33)54-43)53-40(47)29-10-6-7-11-29)23-34(50-5)42(49)52-37(25)28(4)51-41(48)32-13-9-8-12-30(32)24-45-19-16-44(17-20-45)18-21-45/h6-10,12-15,22,25,27-28,31,33-39,46H,11,16-21,23-24H2,1-5H3/q+1/b26-22+/t25-,27-,28-,31-,33-,34+,35+,36-,37+,38-,39-,43+/m1/s1. The van der Waals surface area contributed by atoms with Crippen molar-refractivity contribution in [3.63, 3.8) is 0 Å². The lowest BCUT2D eigenvalue weighted by atomic mass is 9.57. The van der Waals surface area contributed by atoms with Gasteiger partial charge in [0.2, 0.25) is 0 Å². The third-order valence-electron chi connectivity index (χ3n) is 13.8. The Bertz CT molecular complexity index is 1760. The highest BCUT2D eigenvalue weighted by atomic mass is 16.6. The molecule has 1 aromatic rings. The minimum absolute atomic E-state index is 0.203. The second-order valence-electron chi connectivity index (χ2n) is 16.9. The summed E-state index contributed by atoms with van der Waals surface area (Å²) in [7, 11) is 1.49. The molecule has 11 heteroatoms. The Morgan fingerprint density at radius 1 is 1.09 bits per heavy atom. The first-order valence-electron chi connectivity index (χ1n) is 19.8. The van der Waals surface area contributed by atoms with Gasteiger partial charge in [0.25, 0.3) is 0 Å². The molecule has 5 fully saturated rings. The van der Waals surface area contributed by atoms with Crippen LogP contribution in [0.4, 0.5) is 0 Å². The summed E-state index contributed by atoms with van der Waals surface area (Å²) in [4.78, 5) is 43.6. The summed E-state index contributed by atoms with van der Waals surface area (Å²) >= 11 is 0. The normalized spacial score (nSPS) is 42.3. The number of aliphatic hydroxyl groups excluding tert-OH is 1. The number of esters is 3. The molecule has 5 aliphatic heterocycles. The SMILES string of the molecule is CO[C@H]1C[C@H]2C=C[C@H]3[C@H]4O[C@]2(/C(C)=C/[C@@H](C)[C@@H]([C@@H](C)OC(=O)c2ccccc2C[N+]25CCN(CC2)CC5)OC1=O)[C@@H]3[C@H](O)[C@@H](C)[C@H]4OC(=O)C1=CC=CC1. The zero-order valence-electron chi connectivity index (χ0n) is 32.1. The number of nitrogens with zero attached hydrogens (tertiary/aromatic N) is 2. The Labute approximate surface area is 318 Å². The van der Waals surface area contributed by atoms with Crippen LogP contribution in [0.1, 0.15) is 56.5 Å². The molecule has 1 aromatic carbocycles. The minimum Gasteiger partial charge on any atom is -0.456 e. The van der Waals surface area contributed by atoms with Crippen LogP contribution in [0.2, 0.25) is 0 Å². The molecular weight excluding hydrogens is 688 g/mol. The van der Waals surface area contributed by atoms with Crippen LogP contribution in [-0.2, 0) is 39.8 Å². The Hall–Kier alpha value is -3.61. The molecule has 1 N–H and O–H groups in total. The van der Waals surface area contributed by atoms with Gasteiger partial charge in [0, 0.05) is 67.5 Å². The number of benzene rings is 1. The molecule has 8 aliphatic rings. The summed E-state index contributed by atoms with van der Waals surface area (Å²) in [6, 6.07) is 7.70. The van der Waals surface area contributed by atoms with Crippen LogP contribution >= 0.6 is 0 Å². The molecule has 0 aromatic heterocycles. The number of allylic oxidation sites excluding steroid dienone is 3. The average molecular weight is 744 g/mol. The number of ether oxygens (including phenoxy) is 5. The number of hydrogen-bond donors (Lipinski definition) is 1. The largest absolute Gasteiger partial charge is 0.456 e. The van der Waals surface area contributed by atoms with Gasteiger partial charge in [0.05, 0.1) is 31.3 Å². The molecule has 9 rings (SSSR count). The lowest BCUT2D eigenvalue weighted by Gasteiger charge is -2.50. The Morgan fingerprint density at radius 3 is 2.54 bits per heavy atom. The van der Waals surface area contributed by atoms with Crippen LogP contribution in [0, 0.1) is 29.6 Å². The number of methoxy groups -OCH3 is 1. The third kappa shape index (κ3) is 6.30. The zero-order chi connectivity index (χ0) is 37.9. The van der Waals surface area contributed by atoms with Crippen molar-refractivity contribution in [3.8, 4) is 0 Å². The second kappa shape index (κ2) is 14.5. The number of carbonyl (C=O) groups is 3. The van der Waals surface area contributed by atoms with Gasteiger partial charge >= 0.3 is 17.9 Å². The number of cyclic esters (lactones) is 1. The van der Waals surface area contributed by atoms with E-state index in [0.29, 0.717) is 17.6 Å². The molecule has 290 valence electrons. The summed E-state index contributed by atoms with van der Waals surface area (Å²) < 4.78 is 32.5. The van der Waals surface area contributed by atoms with Crippen LogP contribution in [-0.4, -0.2) is 121 Å². The zero-order valence-corrected chi connectivity index (χ0v) is 32.1. The van der Waals surface area contributed by atoms with E-state index < -0.39 is 66.1 Å². The summed E-state index contributed by atoms with van der Waals surface area (Å²) in [6.07, 6.45) is 7.91. The van der Waals surface area contributed by atoms with Gasteiger partial charge in [-0.1, -0.05) is 68.5 Å². The van der Waals surface area contributed by atoms with E-state index in [1.54, 1.807) is 13.0 Å². The monoisotopic (exact) mass is 743 g/mol. The van der Waals surface area contributed by atoms with Crippen molar-refractivity contribution in [1.29, 1.82) is 0 Å². The molecule has 3 aliphatic carbocycles. The number of carbonyl (C=O) groups excluding carboxylic acids is 3. The predicted molar refractivity (Wildman–Crippen MR) is 199 cm³/mol. The molecule has 0 amide bonds. The van der Waals surface area contributed by atoms with Crippen molar-refractivity contribution >= 4 is 17.9 Å². The van der Waals surface area contributed by atoms with Gasteiger partial charge < -0.3 is 33.3 Å². The topological polar surface area (TPSA) is 121 Å². The predicted octanol–water partition coefficient (Wildman–Crippen LogP) is 4.16. The minimum atomic E-state index is -0.994. The Kier molecular flexibility index (Phi) is 10.0. The van der Waals surface area contributed by atoms with Gasteiger partial charge in [-0.25, -0.2) is 14.4 Å². The van der Waals surface area contributed by atoms with Crippen molar-refractivity contribution in [1.82, 2.24) is 4.90 Å². The van der Waals surface area contributed by atoms with E-state index in [0.717, 1.165) is 61.4 Å². The summed E-state index contributed by atoms with van der Waals surface area (Å²) in [6.45, 7) is 14.9. The van der Waals surface area contributed by atoms with Gasteiger partial charge in [0.15, 0.2) is 6.10 Å². The van der Waals surface area contributed by atoms with E-state index in [4.69, 9.17) is 23.7 Å². The number of aliphatic hydroxyl groups is 1. The number of quaternary nitrogens is 1. The second-order valence-corrected chi connectivity index (χ2v) is 16.9. The Morgan fingerprint density at radius 2 is 1.83 bits per heavy atom. The van der Waals surface area contributed by atoms with Crippen LogP contribution in [0.15, 0.2) is 71.9 Å². The van der Waals surface area contributed by atoms with Crippen molar-refractivity contribution in [2.45, 2.75) is 89.3 Å². The average Bonchev–Trinajstić information content (AvgIpc) is 3.78. The van der Waals surface area contributed by atoms with Gasteiger partial charge in [-0.05, 0) is 38.3 Å². The quantitative estimate of drug-likeness (QED) is 0.180. The molecule has 6 bridgehead atoms. The van der Waals surface area contributed by atoms with E-state index in [1.807, 2.05) is 63.3 Å². The summed E-state index contributed by atoms with van der Waals surface area (Å²) in [5.41, 5.74) is 1.98. The number of fused-ring (bicyclic) bond motifs is 3. The lowest BCUT2D eigenvalue weighted by molar-refractivity contribution is -0.953. The molecular formula is C43H55N2O9+. The third-order valence-corrected chi connectivity index (χ3v) is 13.8. The van der Waals surface area contributed by atoms with E-state index in [2.05, 4.69) is 17.1 Å². The molecule has 1 saturated carbocycles. The van der Waals surface area contributed by atoms with Crippen LogP contribution in [0.5, 0.6) is 0 Å². The summed E-state index contributed by atoms with van der Waals surface area (Å²) in [5.74, 6) is -3.05. The van der Waals surface area contributed by atoms with Gasteiger partial charge in [-0.3, -0.25) is 4.90 Å². The fourth-order valence-corrected chi connectivity index (χ4v) is 10.8. The smallest absolute Gasteiger partial charge is 0.339 e. The first-order chi connectivity index (χ1) is 25.9. The molecule has 5 heterocycles. The fraction of sp³-hybridized carbons (Fsp3) is 0.605. The molecule has 0 radical (unpaired) electrons. The first kappa shape index (κ1) is 37.3. The highest BCUT2D eigenvalue weighted by Crippen LogP contribution is 2.61. The number of rotatable bonds is 8. The fourth-order valence-electron chi connectivity index (χ4n) is 10.8. The van der Waals surface area contributed by atoms with E-state index in [1.165, 1.54) is 7.11 Å². The van der Waals surface area contributed by atoms with E-state index in [-0.39, 0.29) is 30.1 Å². The number of hydrogen-bond acceptors (Lipinski definition) is 10. The van der Waals surface area contributed by atoms with E-state index >= 15 is 0 Å². The number of piperazine rings is 3. The molecule has 11 nitrogen and oxygen atoms in total. The van der Waals surface area contributed by atoms with Crippen LogP contribution < -0.4 is 0 Å². The molecule has 12 atom stereocenters. The highest BCUT2D eigenvalue weighted by molar-refractivity contribution is 5.91. The molecule has 1 spiro atoms. The maximum Gasteiger partial charge on any atom is 0.339 e. The van der Waals surface area contributed by atoms with Crippen molar-refractivity contribution < 1.29 is 47.7 Å². The van der Waals surface area contributed by atoms with Crippen LogP contribution in [0.25, 0.3) is 0 Å². The molecule has 0 unspecified atom stereocenters. The van der Waals surface area contributed by atoms with Crippen LogP contribution in [0.3, 0.4) is 0 Å². The van der Waals surface area contributed by atoms with Crippen molar-refractivity contribution in [3.05, 3.63) is 83.0 Å². The molecule has 54 heavy (non-hydrogen) atoms. The maximum atomic E-state index is 14.0. The summed E-state index contributed by atoms with van der Waals surface area (Å²) in [5, 5.41) is 12.1. The van der Waals surface area contributed by atoms with Crippen molar-refractivity contribution in [2.75, 3.05) is 46.4 Å². The maximum absolute atomic E-state index is 14.0. The molecule has 4 saturated heterocycles. The Balaban J connectivity index is 1.07. The van der Waals surface area contributed by atoms with Gasteiger partial charge in [-0.15, -0.1) is 0 Å². The van der Waals surface area contributed by atoms with E-state index in [9.17, 15) is 19.5 Å². The van der Waals surface area contributed by atoms with Gasteiger partial charge in [0.1, 0.15) is 36.6 Å². The first-order valence-corrected chi connectivity index (χ1v) is 19.8. The van der Waals surface area contributed by atoms with Gasteiger partial charge in [-0.2, -0.15) is 0 Å². The highest BCUT2D eigenvalue weighted by Gasteiger charge is 2.69. The lowest BCUT2D eigenvalue weighted by Crippen LogP contribution is -2.66. The van der Waals surface area contributed by atoms with Crippen molar-refractivity contribution in [2.24, 2.45) is 29.6 Å².